The predicted molar refractivity (Wildman–Crippen MR) is 175 cm³/mol. The van der Waals surface area contributed by atoms with Crippen LogP contribution in [-0.2, 0) is 90.9 Å². The summed E-state index contributed by atoms with van der Waals surface area (Å²) in [6, 6.07) is 0. The molecule has 61 heavy (non-hydrogen) atoms. The molecule has 40 nitrogen and oxygen atoms in total. The Morgan fingerprint density at radius 3 is 0.738 bits per heavy atom. The van der Waals surface area contributed by atoms with E-state index in [0.717, 1.165) is 0 Å². The lowest BCUT2D eigenvalue weighted by Crippen LogP contribution is -2.84. The van der Waals surface area contributed by atoms with Crippen LogP contribution in [0.2, 0.25) is 0 Å². The Balaban J connectivity index is 11.5. The number of rotatable bonds is 28. The maximum Gasteiger partial charge on any atom is 0.474 e. The van der Waals surface area contributed by atoms with Crippen LogP contribution in [0.3, 0.4) is 0 Å². The quantitative estimate of drug-likeness (QED) is 0.0213. The summed E-state index contributed by atoms with van der Waals surface area (Å²) < 4.78 is 164. The van der Waals surface area contributed by atoms with Gasteiger partial charge in [0.15, 0.2) is 0 Å². The monoisotopic (exact) mass is 1120 g/mol. The van der Waals surface area contributed by atoms with E-state index in [1.165, 1.54) is 6.92 Å². The summed E-state index contributed by atoms with van der Waals surface area (Å²) in [6.45, 7) is 0.705. The molecule has 0 fully saturated rings. The lowest BCUT2D eigenvalue weighted by Gasteiger charge is -2.60. The van der Waals surface area contributed by atoms with E-state index in [2.05, 4.69) is 45.2 Å². The standard InChI is InChI=1S/C11H34O40P10/c1-3-4-5-6-7(2,42-52(12,13)14)8(43-53(15,16)17,44-54(18,19)20)9(45-55(21,22)23,46-56(24,25)26)10(47-57(27,28)29,48-58(30,31)32)11(49-59(33,34)35,50-60(36,37)38)51-61(39,40)41/h3-6H2,1-2H3,(H2,12,13,14)(H2,15,16,17)(H2,18,19,20)(H2,21,22,23)(H2,24,25,26)(H2,27,28,29)(H2,30,31,32)(H2,33,34,35)(H2,36,37,38)(H2,39,40,41). The highest BCUT2D eigenvalue weighted by molar-refractivity contribution is 7.49. The van der Waals surface area contributed by atoms with Crippen molar-refractivity contribution in [1.29, 1.82) is 0 Å². The average Bonchev–Trinajstić information content (AvgIpc) is 2.82. The van der Waals surface area contributed by atoms with Crippen LogP contribution in [0, 0.1) is 0 Å². The van der Waals surface area contributed by atoms with Gasteiger partial charge in [0.05, 0.1) is 0 Å². The molecule has 368 valence electrons. The van der Waals surface area contributed by atoms with Gasteiger partial charge in [0.1, 0.15) is 5.60 Å². The molecule has 1 unspecified atom stereocenters. The second kappa shape index (κ2) is 20.0. The number of unbranched alkanes of at least 4 members (excludes halogenated alkanes) is 2. The van der Waals surface area contributed by atoms with Crippen molar-refractivity contribution in [3.63, 3.8) is 0 Å². The first kappa shape index (κ1) is 62.1. The molecule has 0 radical (unpaired) electrons. The molecule has 50 heteroatoms. The van der Waals surface area contributed by atoms with Crippen molar-refractivity contribution in [3.05, 3.63) is 0 Å². The number of hydrogen-bond acceptors (Lipinski definition) is 20. The van der Waals surface area contributed by atoms with Crippen LogP contribution in [0.4, 0.5) is 0 Å². The third-order valence-corrected chi connectivity index (χ3v) is 10.8. The van der Waals surface area contributed by atoms with E-state index in [1.807, 2.05) is 0 Å². The number of hydrogen-bond donors (Lipinski definition) is 20. The van der Waals surface area contributed by atoms with Crippen LogP contribution in [0.1, 0.15) is 39.5 Å². The molecule has 0 amide bonds. The molecule has 0 rings (SSSR count). The molecule has 0 aromatic carbocycles. The Labute approximate surface area is 335 Å². The molecule has 0 heterocycles. The normalized spacial score (nSPS) is 16.8. The van der Waals surface area contributed by atoms with Gasteiger partial charge in [-0.3, -0.25) is 4.52 Å². The van der Waals surface area contributed by atoms with Crippen molar-refractivity contribution in [3.8, 4) is 0 Å². The Hall–Kier alpha value is 1.10. The topological polar surface area (TPSA) is 668 Å². The van der Waals surface area contributed by atoms with Gasteiger partial charge < -0.3 is 97.9 Å². The third-order valence-electron chi connectivity index (χ3n) is 5.75. The zero-order chi connectivity index (χ0) is 49.4. The van der Waals surface area contributed by atoms with Crippen molar-refractivity contribution in [2.45, 2.75) is 68.5 Å². The SMILES string of the molecule is CCCCCC(C)(OP(=O)(O)O)C(OP(=O)(O)O)(OP(=O)(O)O)C(OP(=O)(O)O)(OP(=O)(O)O)C(OP(=O)(O)O)(OP(=O)(O)O)C(OP(=O)(O)O)(OP(=O)(O)O)OP(=O)(O)O. The fraction of sp³-hybridized carbons (Fsp3) is 1.00. The van der Waals surface area contributed by atoms with Crippen molar-refractivity contribution in [1.82, 2.24) is 0 Å². The maximum atomic E-state index is 12.9. The van der Waals surface area contributed by atoms with Crippen molar-refractivity contribution >= 4 is 78.2 Å². The van der Waals surface area contributed by atoms with Crippen molar-refractivity contribution in [2.75, 3.05) is 0 Å². The van der Waals surface area contributed by atoms with E-state index in [0.29, 0.717) is 0 Å². The van der Waals surface area contributed by atoms with E-state index in [4.69, 9.17) is 0 Å². The summed E-state index contributed by atoms with van der Waals surface area (Å²) in [4.78, 5) is 199. The summed E-state index contributed by atoms with van der Waals surface area (Å²) in [5, 5.41) is 0. The number of phosphoric ester groups is 10. The van der Waals surface area contributed by atoms with E-state index in [-0.39, 0.29) is 6.42 Å². The van der Waals surface area contributed by atoms with Gasteiger partial charge in [-0.15, -0.1) is 0 Å². The zero-order valence-corrected chi connectivity index (χ0v) is 37.9. The van der Waals surface area contributed by atoms with E-state index in [9.17, 15) is 144 Å². The molecule has 0 aromatic rings. The van der Waals surface area contributed by atoms with E-state index in [1.54, 1.807) is 0 Å². The molecule has 0 aliphatic rings. The summed E-state index contributed by atoms with van der Waals surface area (Å²) >= 11 is 0. The molecule has 20 N–H and O–H groups in total. The molecule has 0 saturated heterocycles. The lowest BCUT2D eigenvalue weighted by molar-refractivity contribution is -0.512. The Bertz CT molecular complexity index is 1880. The summed E-state index contributed by atoms with van der Waals surface area (Å²) in [5.41, 5.74) is -4.95. The lowest BCUT2D eigenvalue weighted by atomic mass is 9.79. The van der Waals surface area contributed by atoms with E-state index >= 15 is 0 Å². The molecule has 0 saturated carbocycles. The van der Waals surface area contributed by atoms with Gasteiger partial charge in [-0.1, -0.05) is 26.2 Å². The summed E-state index contributed by atoms with van der Waals surface area (Å²) in [5.74, 6) is -28.3. The smallest absolute Gasteiger partial charge is 0.303 e. The van der Waals surface area contributed by atoms with Crippen LogP contribution in [0.25, 0.3) is 0 Å². The van der Waals surface area contributed by atoms with E-state index < -0.39 is 133 Å². The zero-order valence-electron chi connectivity index (χ0n) is 28.9. The molecular formula is C11H34O40P10. The minimum atomic E-state index is -8.01. The Morgan fingerprint density at radius 2 is 0.525 bits per heavy atom. The van der Waals surface area contributed by atoms with Gasteiger partial charge in [-0.25, -0.2) is 86.4 Å². The van der Waals surface area contributed by atoms with Crippen LogP contribution < -0.4 is 0 Å². The number of phosphoric acid groups is 10. The van der Waals surface area contributed by atoms with Gasteiger partial charge in [-0.05, 0) is 13.3 Å². The average molecular weight is 1120 g/mol. The first-order valence-corrected chi connectivity index (χ1v) is 29.1. The molecule has 1 atom stereocenters. The minimum Gasteiger partial charge on any atom is -0.303 e. The van der Waals surface area contributed by atoms with Crippen molar-refractivity contribution in [2.24, 2.45) is 0 Å². The first-order valence-electron chi connectivity index (χ1n) is 13.8. The highest BCUT2D eigenvalue weighted by atomic mass is 31.2. The van der Waals surface area contributed by atoms with Crippen LogP contribution >= 0.6 is 78.2 Å². The molecule has 0 spiro atoms. The fourth-order valence-corrected chi connectivity index (χ4v) is 11.0. The maximum absolute atomic E-state index is 12.9. The largest absolute Gasteiger partial charge is 0.474 e. The highest BCUT2D eigenvalue weighted by Gasteiger charge is 2.92. The summed E-state index contributed by atoms with van der Waals surface area (Å²) in [6.07, 6.45) is -4.10. The van der Waals surface area contributed by atoms with Gasteiger partial charge >= 0.3 is 95.8 Å². The summed E-state index contributed by atoms with van der Waals surface area (Å²) in [7, 11) is -77.7. The minimum absolute atomic E-state index is 0.251. The second-order valence-corrected chi connectivity index (χ2v) is 22.5. The molecular weight excluding hydrogens is 1080 g/mol. The van der Waals surface area contributed by atoms with Crippen LogP contribution in [0.5, 0.6) is 0 Å². The molecule has 0 aliphatic carbocycles. The Kier molecular flexibility index (Phi) is 20.3. The third kappa shape index (κ3) is 20.1. The molecule has 0 aliphatic heterocycles. The van der Waals surface area contributed by atoms with Crippen LogP contribution in [0.15, 0.2) is 0 Å². The predicted octanol–water partition coefficient (Wildman–Crippen LogP) is -2.84. The second-order valence-electron chi connectivity index (χ2n) is 10.9. The first-order chi connectivity index (χ1) is 26.1. The Morgan fingerprint density at radius 1 is 0.311 bits per heavy atom. The van der Waals surface area contributed by atoms with Gasteiger partial charge in [0, 0.05) is 0 Å². The molecule has 0 bridgehead atoms. The van der Waals surface area contributed by atoms with Crippen LogP contribution in [-0.4, -0.2) is 127 Å². The van der Waals surface area contributed by atoms with Gasteiger partial charge in [-0.2, -0.15) is 0 Å². The van der Waals surface area contributed by atoms with Crippen molar-refractivity contribution < 1.29 is 189 Å². The highest BCUT2D eigenvalue weighted by Crippen LogP contribution is 2.76. The fourth-order valence-electron chi connectivity index (χ4n) is 4.55. The molecule has 0 aromatic heterocycles. The van der Waals surface area contributed by atoms with Gasteiger partial charge in [0.2, 0.25) is 0 Å². The van der Waals surface area contributed by atoms with Gasteiger partial charge in [0.25, 0.3) is 5.79 Å².